The molecule has 0 aliphatic carbocycles. The van der Waals surface area contributed by atoms with E-state index in [0.29, 0.717) is 11.5 Å². The van der Waals surface area contributed by atoms with Crippen LogP contribution in [0.1, 0.15) is 0 Å². The van der Waals surface area contributed by atoms with Crippen molar-refractivity contribution in [2.75, 3.05) is 31.4 Å². The van der Waals surface area contributed by atoms with Crippen LogP contribution >= 0.6 is 0 Å². The summed E-state index contributed by atoms with van der Waals surface area (Å²) >= 11 is 0. The highest BCUT2D eigenvalue weighted by molar-refractivity contribution is 5.61. The van der Waals surface area contributed by atoms with Gasteiger partial charge in [0.1, 0.15) is 5.69 Å². The van der Waals surface area contributed by atoms with Crippen molar-refractivity contribution in [1.82, 2.24) is 4.98 Å². The van der Waals surface area contributed by atoms with Crippen LogP contribution in [-0.2, 0) is 0 Å². The molecule has 76 valence electrons. The lowest BCUT2D eigenvalue weighted by Crippen LogP contribution is -2.12. The quantitative estimate of drug-likeness (QED) is 0.579. The van der Waals surface area contributed by atoms with Crippen molar-refractivity contribution in [2.24, 2.45) is 0 Å². The summed E-state index contributed by atoms with van der Waals surface area (Å²) in [7, 11) is 5.15. The fourth-order valence-corrected chi connectivity index (χ4v) is 1.06. The van der Waals surface area contributed by atoms with Crippen LogP contribution in [0.4, 0.5) is 17.3 Å². The van der Waals surface area contributed by atoms with Gasteiger partial charge in [0.2, 0.25) is 5.82 Å². The molecule has 0 atom stereocenters. The Hall–Kier alpha value is -1.85. The maximum atomic E-state index is 10.7. The number of nitro groups is 1. The van der Waals surface area contributed by atoms with Gasteiger partial charge >= 0.3 is 5.82 Å². The number of anilines is 2. The monoisotopic (exact) mass is 196 g/mol. The molecule has 0 saturated carbocycles. The van der Waals surface area contributed by atoms with Crippen LogP contribution in [-0.4, -0.2) is 31.1 Å². The third-order valence-corrected chi connectivity index (χ3v) is 1.77. The van der Waals surface area contributed by atoms with Crippen molar-refractivity contribution in [3.63, 3.8) is 0 Å². The zero-order chi connectivity index (χ0) is 10.7. The van der Waals surface area contributed by atoms with Gasteiger partial charge in [-0.3, -0.25) is 0 Å². The lowest BCUT2D eigenvalue weighted by molar-refractivity contribution is -0.388. The molecule has 1 aromatic rings. The van der Waals surface area contributed by atoms with Gasteiger partial charge in [-0.25, -0.2) is 0 Å². The second kappa shape index (κ2) is 3.91. The number of pyridine rings is 1. The number of rotatable bonds is 3. The van der Waals surface area contributed by atoms with Gasteiger partial charge in [-0.1, -0.05) is 0 Å². The summed E-state index contributed by atoms with van der Waals surface area (Å²) in [6, 6.07) is 3.36. The smallest absolute Gasteiger partial charge is 0.371 e. The van der Waals surface area contributed by atoms with E-state index in [2.05, 4.69) is 10.3 Å². The highest BCUT2D eigenvalue weighted by Gasteiger charge is 2.18. The largest absolute Gasteiger partial charge is 0.389 e. The topological polar surface area (TPSA) is 71.3 Å². The van der Waals surface area contributed by atoms with Crippen molar-refractivity contribution in [3.05, 3.63) is 22.2 Å². The van der Waals surface area contributed by atoms with Crippen molar-refractivity contribution in [3.8, 4) is 0 Å². The van der Waals surface area contributed by atoms with Crippen LogP contribution in [0.2, 0.25) is 0 Å². The zero-order valence-corrected chi connectivity index (χ0v) is 8.31. The zero-order valence-electron chi connectivity index (χ0n) is 8.31. The maximum Gasteiger partial charge on any atom is 0.389 e. The van der Waals surface area contributed by atoms with E-state index in [9.17, 15) is 10.1 Å². The molecule has 1 N–H and O–H groups in total. The minimum Gasteiger partial charge on any atom is -0.371 e. The van der Waals surface area contributed by atoms with E-state index in [-0.39, 0.29) is 5.82 Å². The number of nitrogens with zero attached hydrogens (tertiary/aromatic N) is 3. The van der Waals surface area contributed by atoms with Gasteiger partial charge in [-0.2, -0.15) is 0 Å². The molecule has 1 heterocycles. The number of hydrogen-bond acceptors (Lipinski definition) is 5. The Morgan fingerprint density at radius 3 is 2.57 bits per heavy atom. The Labute approximate surface area is 81.7 Å². The van der Waals surface area contributed by atoms with Crippen molar-refractivity contribution in [2.45, 2.75) is 0 Å². The molecule has 6 heteroatoms. The molecule has 0 saturated heterocycles. The third kappa shape index (κ3) is 1.90. The lowest BCUT2D eigenvalue weighted by Gasteiger charge is -2.11. The molecule has 1 aromatic heterocycles. The molecule has 0 fully saturated rings. The first-order valence-corrected chi connectivity index (χ1v) is 4.06. The summed E-state index contributed by atoms with van der Waals surface area (Å²) in [5, 5.41) is 13.4. The summed E-state index contributed by atoms with van der Waals surface area (Å²) in [5.74, 6) is 0.351. The Morgan fingerprint density at radius 2 is 2.14 bits per heavy atom. The van der Waals surface area contributed by atoms with Gasteiger partial charge in [-0.05, 0) is 16.0 Å². The van der Waals surface area contributed by atoms with Gasteiger partial charge < -0.3 is 20.3 Å². The van der Waals surface area contributed by atoms with Gasteiger partial charge in [0, 0.05) is 27.2 Å². The van der Waals surface area contributed by atoms with E-state index in [1.54, 1.807) is 38.2 Å². The van der Waals surface area contributed by atoms with Crippen LogP contribution in [0.3, 0.4) is 0 Å². The first kappa shape index (κ1) is 10.2. The molecule has 0 amide bonds. The molecule has 0 aliphatic rings. The van der Waals surface area contributed by atoms with E-state index in [0.717, 1.165) is 0 Å². The van der Waals surface area contributed by atoms with Crippen molar-refractivity contribution < 1.29 is 4.92 Å². The van der Waals surface area contributed by atoms with Crippen LogP contribution in [0.25, 0.3) is 0 Å². The summed E-state index contributed by atoms with van der Waals surface area (Å²) < 4.78 is 0. The molecular formula is C8H12N4O2. The Bertz CT molecular complexity index is 351. The molecular weight excluding hydrogens is 184 g/mol. The normalized spacial score (nSPS) is 9.64. The third-order valence-electron chi connectivity index (χ3n) is 1.77. The summed E-state index contributed by atoms with van der Waals surface area (Å²) in [5.41, 5.74) is 0.494. The summed E-state index contributed by atoms with van der Waals surface area (Å²) in [4.78, 5) is 15.7. The van der Waals surface area contributed by atoms with E-state index >= 15 is 0 Å². The Morgan fingerprint density at radius 1 is 1.50 bits per heavy atom. The molecule has 0 unspecified atom stereocenters. The summed E-state index contributed by atoms with van der Waals surface area (Å²) in [6.07, 6.45) is 0. The van der Waals surface area contributed by atoms with Crippen LogP contribution < -0.4 is 10.2 Å². The second-order valence-electron chi connectivity index (χ2n) is 2.94. The average Bonchev–Trinajstić information content (AvgIpc) is 2.16. The van der Waals surface area contributed by atoms with Gasteiger partial charge in [0.05, 0.1) is 0 Å². The first-order valence-electron chi connectivity index (χ1n) is 4.06. The minimum absolute atomic E-state index is 0.137. The van der Waals surface area contributed by atoms with Crippen molar-refractivity contribution in [1.29, 1.82) is 0 Å². The molecule has 0 bridgehead atoms. The Balaban J connectivity index is 3.24. The molecule has 1 rings (SSSR count). The molecule has 0 spiro atoms. The first-order chi connectivity index (χ1) is 6.56. The standard InChI is InChI=1S/C8H12N4O2/c1-9-7-5-4-6(11(2)3)8(10-7)12(13)14/h4-5H,1-3H3,(H,9,10). The number of aromatic nitrogens is 1. The molecule has 0 aliphatic heterocycles. The number of hydrogen-bond donors (Lipinski definition) is 1. The predicted octanol–water partition coefficient (Wildman–Crippen LogP) is 1.10. The maximum absolute atomic E-state index is 10.7. The molecule has 0 radical (unpaired) electrons. The number of nitrogens with one attached hydrogen (secondary N) is 1. The highest BCUT2D eigenvalue weighted by atomic mass is 16.6. The van der Waals surface area contributed by atoms with Crippen LogP contribution in [0, 0.1) is 10.1 Å². The molecule has 6 nitrogen and oxygen atoms in total. The van der Waals surface area contributed by atoms with Crippen LogP contribution in [0.15, 0.2) is 12.1 Å². The predicted molar refractivity (Wildman–Crippen MR) is 54.8 cm³/mol. The second-order valence-corrected chi connectivity index (χ2v) is 2.94. The molecule has 14 heavy (non-hydrogen) atoms. The SMILES string of the molecule is CNc1ccc(N(C)C)c([N+](=O)[O-])n1. The Kier molecular flexibility index (Phi) is 2.85. The van der Waals surface area contributed by atoms with E-state index in [1.165, 1.54) is 0 Å². The van der Waals surface area contributed by atoms with E-state index in [4.69, 9.17) is 0 Å². The van der Waals surface area contributed by atoms with E-state index in [1.807, 2.05) is 0 Å². The fourth-order valence-electron chi connectivity index (χ4n) is 1.06. The minimum atomic E-state index is -0.490. The lowest BCUT2D eigenvalue weighted by atomic mass is 10.3. The van der Waals surface area contributed by atoms with E-state index < -0.39 is 4.92 Å². The van der Waals surface area contributed by atoms with Gasteiger partial charge in [0.25, 0.3) is 0 Å². The fraction of sp³-hybridized carbons (Fsp3) is 0.375. The summed E-state index contributed by atoms with van der Waals surface area (Å²) in [6.45, 7) is 0. The van der Waals surface area contributed by atoms with Gasteiger partial charge in [-0.15, -0.1) is 0 Å². The van der Waals surface area contributed by atoms with Gasteiger partial charge in [0.15, 0.2) is 0 Å². The average molecular weight is 196 g/mol. The van der Waals surface area contributed by atoms with Crippen LogP contribution in [0.5, 0.6) is 0 Å². The molecule has 0 aromatic carbocycles. The van der Waals surface area contributed by atoms with Crippen molar-refractivity contribution >= 4 is 17.3 Å². The highest BCUT2D eigenvalue weighted by Crippen LogP contribution is 2.25.